The Balaban J connectivity index is 1.04. The van der Waals surface area contributed by atoms with Crippen molar-refractivity contribution in [2.45, 2.75) is 5.41 Å². The molecule has 0 bridgehead atoms. The van der Waals surface area contributed by atoms with Gasteiger partial charge in [0.15, 0.2) is 0 Å². The lowest BCUT2D eigenvalue weighted by Crippen LogP contribution is -2.26. The van der Waals surface area contributed by atoms with E-state index in [4.69, 9.17) is 0 Å². The third-order valence-electron chi connectivity index (χ3n) is 13.0. The van der Waals surface area contributed by atoms with E-state index in [-0.39, 0.29) is 0 Å². The molecule has 0 saturated carbocycles. The molecule has 0 N–H and O–H groups in total. The Kier molecular flexibility index (Phi) is 7.13. The minimum atomic E-state index is -0.510. The van der Waals surface area contributed by atoms with Crippen LogP contribution in [0.5, 0.6) is 0 Å². The number of fused-ring (bicyclic) bond motifs is 15. The van der Waals surface area contributed by atoms with Crippen molar-refractivity contribution in [1.29, 1.82) is 0 Å². The second-order valence-electron chi connectivity index (χ2n) is 16.0. The number of hydrogen-bond donors (Lipinski definition) is 0. The van der Waals surface area contributed by atoms with Crippen molar-refractivity contribution in [3.05, 3.63) is 241 Å². The van der Waals surface area contributed by atoms with Gasteiger partial charge in [-0.1, -0.05) is 146 Å². The van der Waals surface area contributed by atoms with E-state index < -0.39 is 5.41 Å². The lowest BCUT2D eigenvalue weighted by atomic mass is 9.69. The monoisotopic (exact) mass is 780 g/mol. The van der Waals surface area contributed by atoms with Crippen LogP contribution in [0.25, 0.3) is 70.3 Å². The number of rotatable bonds is 5. The van der Waals surface area contributed by atoms with Crippen LogP contribution in [-0.2, 0) is 5.41 Å². The Labute approximate surface area is 352 Å². The second kappa shape index (κ2) is 12.8. The van der Waals surface area contributed by atoms with E-state index >= 15 is 0 Å². The largest absolute Gasteiger partial charge is 0.310 e. The van der Waals surface area contributed by atoms with Crippen molar-refractivity contribution in [3.63, 3.8) is 0 Å². The highest BCUT2D eigenvalue weighted by Crippen LogP contribution is 2.66. The lowest BCUT2D eigenvalue weighted by Gasteiger charge is -2.32. The van der Waals surface area contributed by atoms with E-state index in [0.717, 1.165) is 22.7 Å². The van der Waals surface area contributed by atoms with Gasteiger partial charge in [-0.15, -0.1) is 11.3 Å². The van der Waals surface area contributed by atoms with Gasteiger partial charge in [0, 0.05) is 43.1 Å². The van der Waals surface area contributed by atoms with E-state index in [0.29, 0.717) is 0 Å². The number of hydrogen-bond acceptors (Lipinski definition) is 2. The maximum atomic E-state index is 2.51. The Morgan fingerprint density at radius 3 is 1.65 bits per heavy atom. The Bertz CT molecular complexity index is 3390. The fourth-order valence-corrected chi connectivity index (χ4v) is 11.8. The summed E-state index contributed by atoms with van der Waals surface area (Å²) in [4.78, 5) is 3.77. The summed E-state index contributed by atoms with van der Waals surface area (Å²) < 4.78 is 3.72. The third-order valence-corrected chi connectivity index (χ3v) is 14.2. The highest BCUT2D eigenvalue weighted by atomic mass is 32.1. The SMILES string of the molecule is c1ccc(N(c2ccccc2)c2ccc3c(c2)C2(c4ccccc4-3)c3cc(-c4ccc(-n5c6ccccc6c6ccccc65)cc4)ccc3-c3sc4ccccc4c32)cc1. The van der Waals surface area contributed by atoms with Crippen LogP contribution in [0.3, 0.4) is 0 Å². The molecule has 13 rings (SSSR count). The van der Waals surface area contributed by atoms with Crippen LogP contribution in [0.2, 0.25) is 0 Å². The number of para-hydroxylation sites is 4. The van der Waals surface area contributed by atoms with E-state index in [9.17, 15) is 0 Å². The van der Waals surface area contributed by atoms with Crippen LogP contribution in [0.1, 0.15) is 22.3 Å². The van der Waals surface area contributed by atoms with Crippen molar-refractivity contribution in [2.75, 3.05) is 4.90 Å². The summed E-state index contributed by atoms with van der Waals surface area (Å²) in [5, 5.41) is 3.89. The molecule has 1 spiro atoms. The molecular weight excluding hydrogens is 745 g/mol. The quantitative estimate of drug-likeness (QED) is 0.169. The van der Waals surface area contributed by atoms with Crippen LogP contribution in [-0.4, -0.2) is 4.57 Å². The molecule has 2 heterocycles. The molecule has 2 aromatic heterocycles. The van der Waals surface area contributed by atoms with Crippen LogP contribution in [0, 0.1) is 0 Å². The first kappa shape index (κ1) is 33.5. The van der Waals surface area contributed by atoms with Crippen LogP contribution >= 0.6 is 11.3 Å². The van der Waals surface area contributed by atoms with Crippen molar-refractivity contribution < 1.29 is 0 Å². The van der Waals surface area contributed by atoms with Gasteiger partial charge >= 0.3 is 0 Å². The summed E-state index contributed by atoms with van der Waals surface area (Å²) in [6.07, 6.45) is 0. The van der Waals surface area contributed by atoms with E-state index in [1.54, 1.807) is 0 Å². The molecule has 1 unspecified atom stereocenters. The molecule has 0 fully saturated rings. The maximum absolute atomic E-state index is 2.51. The number of thiophene rings is 1. The molecule has 0 radical (unpaired) electrons. The van der Waals surface area contributed by atoms with Gasteiger partial charge in [-0.05, 0) is 128 Å². The molecule has 2 nitrogen and oxygen atoms in total. The summed E-state index contributed by atoms with van der Waals surface area (Å²) in [6.45, 7) is 0. The number of benzene rings is 9. The fraction of sp³-hybridized carbons (Fsp3) is 0.0175. The van der Waals surface area contributed by atoms with Gasteiger partial charge in [0.25, 0.3) is 0 Å². The van der Waals surface area contributed by atoms with Crippen molar-refractivity contribution in [2.24, 2.45) is 0 Å². The average molecular weight is 781 g/mol. The Hall–Kier alpha value is -7.46. The molecule has 280 valence electrons. The first-order valence-electron chi connectivity index (χ1n) is 20.7. The lowest BCUT2D eigenvalue weighted by molar-refractivity contribution is 0.803. The molecule has 0 aliphatic heterocycles. The molecule has 11 aromatic rings. The molecule has 3 heteroatoms. The highest BCUT2D eigenvalue weighted by Gasteiger charge is 2.53. The molecule has 60 heavy (non-hydrogen) atoms. The zero-order valence-electron chi connectivity index (χ0n) is 32.6. The van der Waals surface area contributed by atoms with Gasteiger partial charge in [0.05, 0.1) is 16.4 Å². The van der Waals surface area contributed by atoms with E-state index in [2.05, 4.69) is 228 Å². The summed E-state index contributed by atoms with van der Waals surface area (Å²) >= 11 is 1.93. The van der Waals surface area contributed by atoms with Crippen molar-refractivity contribution >= 4 is 60.3 Å². The summed E-state index contributed by atoms with van der Waals surface area (Å²) in [6, 6.07) is 80.8. The fourth-order valence-electron chi connectivity index (χ4n) is 10.5. The molecule has 0 amide bonds. The topological polar surface area (TPSA) is 8.17 Å². The van der Waals surface area contributed by atoms with Gasteiger partial charge in [-0.2, -0.15) is 0 Å². The molecular formula is C57H36N2S. The number of aromatic nitrogens is 1. The molecule has 9 aromatic carbocycles. The minimum Gasteiger partial charge on any atom is -0.310 e. The number of anilines is 3. The first-order chi connectivity index (χ1) is 29.8. The van der Waals surface area contributed by atoms with Crippen molar-refractivity contribution in [3.8, 4) is 38.4 Å². The highest BCUT2D eigenvalue weighted by molar-refractivity contribution is 7.22. The van der Waals surface area contributed by atoms with Gasteiger partial charge in [-0.25, -0.2) is 0 Å². The van der Waals surface area contributed by atoms with Crippen LogP contribution in [0.15, 0.2) is 218 Å². The van der Waals surface area contributed by atoms with Crippen LogP contribution in [0.4, 0.5) is 17.1 Å². The molecule has 2 aliphatic rings. The third kappa shape index (κ3) is 4.58. The molecule has 2 aliphatic carbocycles. The summed E-state index contributed by atoms with van der Waals surface area (Å²) in [5.74, 6) is 0. The predicted octanol–water partition coefficient (Wildman–Crippen LogP) is 15.5. The smallest absolute Gasteiger partial charge is 0.0741 e. The van der Waals surface area contributed by atoms with E-state index in [1.807, 2.05) is 11.3 Å². The van der Waals surface area contributed by atoms with Crippen LogP contribution < -0.4 is 4.90 Å². The molecule has 0 saturated heterocycles. The predicted molar refractivity (Wildman–Crippen MR) is 253 cm³/mol. The molecule has 1 atom stereocenters. The van der Waals surface area contributed by atoms with Gasteiger partial charge in [0.2, 0.25) is 0 Å². The summed E-state index contributed by atoms with van der Waals surface area (Å²) in [7, 11) is 0. The van der Waals surface area contributed by atoms with Crippen molar-refractivity contribution in [1.82, 2.24) is 4.57 Å². The van der Waals surface area contributed by atoms with E-state index in [1.165, 1.54) is 86.8 Å². The minimum absolute atomic E-state index is 0.510. The number of nitrogens with zero attached hydrogens (tertiary/aromatic N) is 2. The standard InChI is InChI=1S/C57H36N2S/c1-3-15-39(16-4-1)58(40-17-5-2-6-18-40)42-32-34-44-43-19-7-11-23-49(43)57(51(44)36-42)50-35-38(29-33-47(50)56-55(57)48-22-10-14-26-54(48)60-56)37-27-30-41(31-28-37)59-52-24-12-8-20-45(52)46-21-9-13-25-53(46)59/h1-36H. The zero-order valence-corrected chi connectivity index (χ0v) is 33.4. The Morgan fingerprint density at radius 1 is 0.383 bits per heavy atom. The second-order valence-corrected chi connectivity index (χ2v) is 17.1. The van der Waals surface area contributed by atoms with Gasteiger partial charge < -0.3 is 9.47 Å². The van der Waals surface area contributed by atoms with Gasteiger partial charge in [-0.3, -0.25) is 0 Å². The first-order valence-corrected chi connectivity index (χ1v) is 21.5. The zero-order chi connectivity index (χ0) is 39.4. The normalized spacial score (nSPS) is 14.7. The average Bonchev–Trinajstić information content (AvgIpc) is 4.03. The maximum Gasteiger partial charge on any atom is 0.0741 e. The summed E-state index contributed by atoms with van der Waals surface area (Å²) in [5.41, 5.74) is 18.3. The Morgan fingerprint density at radius 2 is 0.933 bits per heavy atom. The van der Waals surface area contributed by atoms with Gasteiger partial charge in [0.1, 0.15) is 0 Å².